The third kappa shape index (κ3) is 4.06. The molecule has 1 aromatic rings. The number of hydrogen-bond donors (Lipinski definition) is 2. The molecule has 0 aliphatic carbocycles. The van der Waals surface area contributed by atoms with E-state index in [2.05, 4.69) is 10.3 Å². The normalized spacial score (nSPS) is 9.53. The molecule has 1 rings (SSSR count). The molecule has 0 spiro atoms. The Bertz CT molecular complexity index is 463. The van der Waals surface area contributed by atoms with Gasteiger partial charge in [-0.15, -0.1) is 0 Å². The molecule has 1 heterocycles. The van der Waals surface area contributed by atoms with E-state index in [0.717, 1.165) is 5.57 Å². The first kappa shape index (κ1) is 12.9. The number of carboxylic acid groups (broad SMARTS) is 1. The summed E-state index contributed by atoms with van der Waals surface area (Å²) in [6, 6.07) is 2.73. The molecule has 0 radical (unpaired) electrons. The van der Waals surface area contributed by atoms with Gasteiger partial charge >= 0.3 is 5.97 Å². The summed E-state index contributed by atoms with van der Waals surface area (Å²) in [4.78, 5) is 26.0. The molecule has 0 aliphatic heterocycles. The predicted molar refractivity (Wildman–Crippen MR) is 63.0 cm³/mol. The van der Waals surface area contributed by atoms with E-state index in [-0.39, 0.29) is 11.6 Å². The molecule has 0 aromatic carbocycles. The van der Waals surface area contributed by atoms with Gasteiger partial charge in [0.2, 0.25) is 0 Å². The van der Waals surface area contributed by atoms with Crippen LogP contribution in [0.25, 0.3) is 0 Å². The van der Waals surface area contributed by atoms with Crippen LogP contribution >= 0.6 is 0 Å². The highest BCUT2D eigenvalue weighted by molar-refractivity contribution is 5.96. The maximum absolute atomic E-state index is 11.6. The Kier molecular flexibility index (Phi) is 4.39. The molecule has 5 nitrogen and oxygen atoms in total. The lowest BCUT2D eigenvalue weighted by Crippen LogP contribution is -2.23. The van der Waals surface area contributed by atoms with Crippen molar-refractivity contribution in [3.8, 4) is 0 Å². The number of carboxylic acids is 1. The van der Waals surface area contributed by atoms with Crippen LogP contribution in [0, 0.1) is 0 Å². The zero-order chi connectivity index (χ0) is 12.8. The Hall–Kier alpha value is -2.17. The molecule has 2 N–H and O–H groups in total. The van der Waals surface area contributed by atoms with Crippen molar-refractivity contribution in [3.63, 3.8) is 0 Å². The lowest BCUT2D eigenvalue weighted by Gasteiger charge is -2.03. The lowest BCUT2D eigenvalue weighted by molar-refractivity contribution is 0.0690. The highest BCUT2D eigenvalue weighted by atomic mass is 16.4. The summed E-state index contributed by atoms with van der Waals surface area (Å²) in [6.07, 6.45) is 3.18. The Morgan fingerprint density at radius 2 is 2.18 bits per heavy atom. The average molecular weight is 234 g/mol. The Labute approximate surface area is 99.2 Å². The number of amides is 1. The molecular weight excluding hydrogens is 220 g/mol. The van der Waals surface area contributed by atoms with Gasteiger partial charge in [-0.05, 0) is 26.0 Å². The summed E-state index contributed by atoms with van der Waals surface area (Å²) in [5.41, 5.74) is 1.26. The van der Waals surface area contributed by atoms with Crippen molar-refractivity contribution in [1.29, 1.82) is 0 Å². The molecule has 0 saturated heterocycles. The second kappa shape index (κ2) is 5.79. The minimum absolute atomic E-state index is 0.139. The van der Waals surface area contributed by atoms with Crippen LogP contribution < -0.4 is 5.32 Å². The Balaban J connectivity index is 2.72. The van der Waals surface area contributed by atoms with Crippen LogP contribution in [0.15, 0.2) is 30.0 Å². The smallest absolute Gasteiger partial charge is 0.354 e. The first-order valence-electron chi connectivity index (χ1n) is 5.11. The zero-order valence-corrected chi connectivity index (χ0v) is 9.73. The van der Waals surface area contributed by atoms with Crippen molar-refractivity contribution in [2.45, 2.75) is 13.8 Å². The molecule has 5 heteroatoms. The van der Waals surface area contributed by atoms with Crippen LogP contribution in [0.4, 0.5) is 0 Å². The predicted octanol–water partition coefficient (Wildman–Crippen LogP) is 1.48. The van der Waals surface area contributed by atoms with Crippen LogP contribution in [0.1, 0.15) is 34.7 Å². The van der Waals surface area contributed by atoms with Crippen molar-refractivity contribution in [1.82, 2.24) is 10.3 Å². The number of nitrogens with zero attached hydrogens (tertiary/aromatic N) is 1. The number of aromatic nitrogens is 1. The third-order valence-corrected chi connectivity index (χ3v) is 2.01. The number of aromatic carboxylic acids is 1. The van der Waals surface area contributed by atoms with Crippen molar-refractivity contribution in [2.24, 2.45) is 0 Å². The molecule has 0 saturated carbocycles. The van der Waals surface area contributed by atoms with Crippen LogP contribution in [0.3, 0.4) is 0 Å². The van der Waals surface area contributed by atoms with E-state index in [9.17, 15) is 9.59 Å². The summed E-state index contributed by atoms with van der Waals surface area (Å²) < 4.78 is 0. The van der Waals surface area contributed by atoms with Crippen molar-refractivity contribution >= 4 is 11.9 Å². The van der Waals surface area contributed by atoms with E-state index < -0.39 is 5.97 Å². The van der Waals surface area contributed by atoms with Crippen molar-refractivity contribution in [2.75, 3.05) is 6.54 Å². The van der Waals surface area contributed by atoms with Gasteiger partial charge in [0.05, 0.1) is 0 Å². The maximum atomic E-state index is 11.6. The molecule has 1 amide bonds. The number of nitrogens with one attached hydrogen (secondary N) is 1. The largest absolute Gasteiger partial charge is 0.477 e. The molecule has 1 aromatic heterocycles. The van der Waals surface area contributed by atoms with Gasteiger partial charge in [0, 0.05) is 18.3 Å². The second-order valence-corrected chi connectivity index (χ2v) is 3.73. The van der Waals surface area contributed by atoms with E-state index in [1.807, 2.05) is 19.9 Å². The first-order valence-corrected chi connectivity index (χ1v) is 5.11. The topological polar surface area (TPSA) is 79.3 Å². The molecule has 0 unspecified atom stereocenters. The summed E-state index contributed by atoms with van der Waals surface area (Å²) in [5, 5.41) is 11.4. The number of carbonyl (C=O) groups excluding carboxylic acids is 1. The van der Waals surface area contributed by atoms with Crippen LogP contribution in [0.2, 0.25) is 0 Å². The van der Waals surface area contributed by atoms with Crippen LogP contribution in [-0.4, -0.2) is 28.5 Å². The summed E-state index contributed by atoms with van der Waals surface area (Å²) in [7, 11) is 0. The molecule has 0 bridgehead atoms. The molecule has 0 atom stereocenters. The number of rotatable bonds is 4. The molecule has 17 heavy (non-hydrogen) atoms. The van der Waals surface area contributed by atoms with Crippen LogP contribution in [-0.2, 0) is 0 Å². The highest BCUT2D eigenvalue weighted by Gasteiger charge is 2.09. The fourth-order valence-electron chi connectivity index (χ4n) is 1.14. The minimum Gasteiger partial charge on any atom is -0.477 e. The average Bonchev–Trinajstić information content (AvgIpc) is 2.28. The van der Waals surface area contributed by atoms with E-state index >= 15 is 0 Å². The fourth-order valence-corrected chi connectivity index (χ4v) is 1.14. The van der Waals surface area contributed by atoms with Gasteiger partial charge in [-0.25, -0.2) is 9.78 Å². The van der Waals surface area contributed by atoms with Crippen molar-refractivity contribution < 1.29 is 14.7 Å². The lowest BCUT2D eigenvalue weighted by atomic mass is 10.2. The quantitative estimate of drug-likeness (QED) is 0.773. The van der Waals surface area contributed by atoms with Crippen LogP contribution in [0.5, 0.6) is 0 Å². The van der Waals surface area contributed by atoms with Crippen molar-refractivity contribution in [3.05, 3.63) is 41.2 Å². The van der Waals surface area contributed by atoms with Gasteiger partial charge in [-0.1, -0.05) is 11.6 Å². The molecule has 0 aliphatic rings. The van der Waals surface area contributed by atoms with Gasteiger partial charge in [0.15, 0.2) is 0 Å². The maximum Gasteiger partial charge on any atom is 0.354 e. The van der Waals surface area contributed by atoms with E-state index in [0.29, 0.717) is 12.1 Å². The van der Waals surface area contributed by atoms with Gasteiger partial charge in [0.1, 0.15) is 5.69 Å². The van der Waals surface area contributed by atoms with Gasteiger partial charge in [-0.2, -0.15) is 0 Å². The number of carbonyl (C=O) groups is 2. The second-order valence-electron chi connectivity index (χ2n) is 3.73. The number of allylic oxidation sites excluding steroid dienone is 1. The zero-order valence-electron chi connectivity index (χ0n) is 9.73. The van der Waals surface area contributed by atoms with Gasteiger partial charge < -0.3 is 10.4 Å². The molecule has 90 valence electrons. The standard InChI is InChI=1S/C12H14N2O3/c1-8(2)3-5-14-11(15)9-4-6-13-10(7-9)12(16)17/h3-4,6-7H,5H2,1-2H3,(H,14,15)(H,16,17). The van der Waals surface area contributed by atoms with Gasteiger partial charge in [0.25, 0.3) is 5.91 Å². The Morgan fingerprint density at radius 1 is 1.47 bits per heavy atom. The highest BCUT2D eigenvalue weighted by Crippen LogP contribution is 2.01. The summed E-state index contributed by atoms with van der Waals surface area (Å²) >= 11 is 0. The Morgan fingerprint density at radius 3 is 2.76 bits per heavy atom. The number of pyridine rings is 1. The van der Waals surface area contributed by atoms with E-state index in [1.54, 1.807) is 0 Å². The summed E-state index contributed by atoms with van der Waals surface area (Å²) in [6.45, 7) is 4.29. The van der Waals surface area contributed by atoms with Gasteiger partial charge in [-0.3, -0.25) is 4.79 Å². The third-order valence-electron chi connectivity index (χ3n) is 2.01. The summed E-state index contributed by atoms with van der Waals surface area (Å²) in [5.74, 6) is -1.46. The van der Waals surface area contributed by atoms with E-state index in [4.69, 9.17) is 5.11 Å². The fraction of sp³-hybridized carbons (Fsp3) is 0.250. The number of hydrogen-bond acceptors (Lipinski definition) is 3. The SMILES string of the molecule is CC(C)=CCNC(=O)c1ccnc(C(=O)O)c1. The first-order chi connectivity index (χ1) is 8.00. The minimum atomic E-state index is -1.15. The van der Waals surface area contributed by atoms with E-state index in [1.165, 1.54) is 18.3 Å². The molecule has 0 fully saturated rings. The molecular formula is C12H14N2O3. The monoisotopic (exact) mass is 234 g/mol.